The molecule has 0 aromatic carbocycles. The Morgan fingerprint density at radius 1 is 1.42 bits per heavy atom. The Hall–Kier alpha value is -1.30. The maximum absolute atomic E-state index is 11.5. The average Bonchev–Trinajstić information content (AvgIpc) is 2.78. The molecule has 1 atom stereocenters. The van der Waals surface area contributed by atoms with Crippen LogP contribution in [0.1, 0.15) is 13.3 Å². The fourth-order valence-corrected chi connectivity index (χ4v) is 2.06. The third kappa shape index (κ3) is 5.92. The van der Waals surface area contributed by atoms with Crippen LogP contribution >= 0.6 is 0 Å². The maximum atomic E-state index is 11.5. The molecule has 110 valence electrons. The minimum atomic E-state index is 0.0119. The Morgan fingerprint density at radius 3 is 2.68 bits per heavy atom. The summed E-state index contributed by atoms with van der Waals surface area (Å²) >= 11 is 0. The fourth-order valence-electron chi connectivity index (χ4n) is 2.06. The Labute approximate surface area is 116 Å². The summed E-state index contributed by atoms with van der Waals surface area (Å²) in [6, 6.07) is 0. The highest BCUT2D eigenvalue weighted by atomic mass is 16.2. The van der Waals surface area contributed by atoms with E-state index in [9.17, 15) is 4.79 Å². The number of amides is 1. The topological polar surface area (TPSA) is 60.0 Å². The molecule has 1 saturated heterocycles. The van der Waals surface area contributed by atoms with Crippen molar-refractivity contribution in [2.45, 2.75) is 13.3 Å². The summed E-state index contributed by atoms with van der Waals surface area (Å²) in [6.45, 7) is 6.21. The fraction of sp³-hybridized carbons (Fsp3) is 0.846. The smallest absolute Gasteiger partial charge is 0.243 e. The molecule has 0 aromatic heterocycles. The Morgan fingerprint density at radius 2 is 2.16 bits per heavy atom. The first-order chi connectivity index (χ1) is 9.02. The molecule has 1 rings (SSSR count). The molecule has 0 spiro atoms. The van der Waals surface area contributed by atoms with Gasteiger partial charge in [0, 0.05) is 33.7 Å². The van der Waals surface area contributed by atoms with Gasteiger partial charge in [0.2, 0.25) is 5.91 Å². The van der Waals surface area contributed by atoms with E-state index in [1.165, 1.54) is 13.0 Å². The van der Waals surface area contributed by atoms with Gasteiger partial charge in [-0.1, -0.05) is 0 Å². The summed E-state index contributed by atoms with van der Waals surface area (Å²) in [6.07, 6.45) is 1.22. The quantitative estimate of drug-likeness (QED) is 0.526. The number of guanidine groups is 1. The standard InChI is InChI=1S/C13H27N5O/c1-5-14-13(16-9-12(19)17(2)3)15-8-11-6-7-18(4)10-11/h11H,5-10H2,1-4H3,(H2,14,15,16). The van der Waals surface area contributed by atoms with E-state index < -0.39 is 0 Å². The molecule has 0 saturated carbocycles. The van der Waals surface area contributed by atoms with Gasteiger partial charge in [0.05, 0.1) is 0 Å². The predicted molar refractivity (Wildman–Crippen MR) is 78.3 cm³/mol. The van der Waals surface area contributed by atoms with E-state index in [1.807, 2.05) is 6.92 Å². The van der Waals surface area contributed by atoms with Crippen LogP contribution in [0.15, 0.2) is 4.99 Å². The molecule has 6 heteroatoms. The second kappa shape index (κ2) is 7.99. The number of rotatable bonds is 5. The van der Waals surface area contributed by atoms with Gasteiger partial charge in [-0.2, -0.15) is 0 Å². The largest absolute Gasteiger partial charge is 0.357 e. The SMILES string of the molecule is CCNC(=NCC(=O)N(C)C)NCC1CCN(C)C1. The van der Waals surface area contributed by atoms with Crippen LogP contribution in [0.25, 0.3) is 0 Å². The van der Waals surface area contributed by atoms with Gasteiger partial charge < -0.3 is 20.4 Å². The number of hydrogen-bond acceptors (Lipinski definition) is 3. The molecule has 0 radical (unpaired) electrons. The molecule has 0 aliphatic carbocycles. The molecule has 0 bridgehead atoms. The van der Waals surface area contributed by atoms with E-state index >= 15 is 0 Å². The molecule has 2 N–H and O–H groups in total. The van der Waals surface area contributed by atoms with Crippen molar-refractivity contribution in [3.05, 3.63) is 0 Å². The summed E-state index contributed by atoms with van der Waals surface area (Å²) in [5.41, 5.74) is 0. The Bertz CT molecular complexity index is 316. The first kappa shape index (κ1) is 15.8. The molecular weight excluding hydrogens is 242 g/mol. The average molecular weight is 269 g/mol. The van der Waals surface area contributed by atoms with Crippen LogP contribution in [0.4, 0.5) is 0 Å². The minimum Gasteiger partial charge on any atom is -0.357 e. The summed E-state index contributed by atoms with van der Waals surface area (Å²) in [5.74, 6) is 1.41. The number of likely N-dealkylation sites (tertiary alicyclic amines) is 1. The second-order valence-electron chi connectivity index (χ2n) is 5.28. The van der Waals surface area contributed by atoms with Gasteiger partial charge in [0.25, 0.3) is 0 Å². The van der Waals surface area contributed by atoms with Crippen molar-refractivity contribution in [3.63, 3.8) is 0 Å². The highest BCUT2D eigenvalue weighted by Gasteiger charge is 2.19. The second-order valence-corrected chi connectivity index (χ2v) is 5.28. The van der Waals surface area contributed by atoms with Gasteiger partial charge in [0.15, 0.2) is 5.96 Å². The van der Waals surface area contributed by atoms with Gasteiger partial charge in [-0.15, -0.1) is 0 Å². The Kier molecular flexibility index (Phi) is 6.62. The summed E-state index contributed by atoms with van der Waals surface area (Å²) in [7, 11) is 5.63. The van der Waals surface area contributed by atoms with Crippen molar-refractivity contribution in [2.75, 3.05) is 53.9 Å². The molecule has 19 heavy (non-hydrogen) atoms. The van der Waals surface area contributed by atoms with Crippen molar-refractivity contribution in [1.82, 2.24) is 20.4 Å². The van der Waals surface area contributed by atoms with E-state index in [0.29, 0.717) is 5.92 Å². The zero-order chi connectivity index (χ0) is 14.3. The van der Waals surface area contributed by atoms with E-state index in [4.69, 9.17) is 0 Å². The van der Waals surface area contributed by atoms with E-state index in [-0.39, 0.29) is 12.5 Å². The van der Waals surface area contributed by atoms with Crippen molar-refractivity contribution in [1.29, 1.82) is 0 Å². The van der Waals surface area contributed by atoms with Crippen molar-refractivity contribution >= 4 is 11.9 Å². The van der Waals surface area contributed by atoms with Crippen LogP contribution in [-0.4, -0.2) is 75.5 Å². The first-order valence-electron chi connectivity index (χ1n) is 6.93. The highest BCUT2D eigenvalue weighted by Crippen LogP contribution is 2.12. The molecule has 6 nitrogen and oxygen atoms in total. The molecule has 0 aromatic rings. The zero-order valence-electron chi connectivity index (χ0n) is 12.6. The minimum absolute atomic E-state index is 0.0119. The van der Waals surface area contributed by atoms with Crippen LogP contribution in [0.5, 0.6) is 0 Å². The van der Waals surface area contributed by atoms with Crippen molar-refractivity contribution in [3.8, 4) is 0 Å². The maximum Gasteiger partial charge on any atom is 0.243 e. The van der Waals surface area contributed by atoms with Gasteiger partial charge in [-0.3, -0.25) is 4.79 Å². The third-order valence-corrected chi connectivity index (χ3v) is 3.26. The van der Waals surface area contributed by atoms with Gasteiger partial charge in [-0.05, 0) is 32.9 Å². The van der Waals surface area contributed by atoms with Gasteiger partial charge in [0.1, 0.15) is 6.54 Å². The molecule has 1 aliphatic heterocycles. The zero-order valence-corrected chi connectivity index (χ0v) is 12.6. The number of hydrogen-bond donors (Lipinski definition) is 2. The van der Waals surface area contributed by atoms with Crippen molar-refractivity contribution < 1.29 is 4.79 Å². The first-order valence-corrected chi connectivity index (χ1v) is 6.93. The van der Waals surface area contributed by atoms with Crippen LogP contribution in [0.2, 0.25) is 0 Å². The molecular formula is C13H27N5O. The van der Waals surface area contributed by atoms with Crippen LogP contribution in [0.3, 0.4) is 0 Å². The van der Waals surface area contributed by atoms with E-state index in [1.54, 1.807) is 19.0 Å². The number of aliphatic imine (C=N–C) groups is 1. The number of nitrogens with one attached hydrogen (secondary N) is 2. The normalized spacial score (nSPS) is 20.4. The number of likely N-dealkylation sites (N-methyl/N-ethyl adjacent to an activating group) is 1. The predicted octanol–water partition coefficient (Wildman–Crippen LogP) is -0.419. The van der Waals surface area contributed by atoms with Crippen molar-refractivity contribution in [2.24, 2.45) is 10.9 Å². The Balaban J connectivity index is 2.39. The number of carbonyl (C=O) groups is 1. The lowest BCUT2D eigenvalue weighted by Gasteiger charge is -2.15. The molecule has 1 heterocycles. The van der Waals surface area contributed by atoms with Crippen LogP contribution in [-0.2, 0) is 4.79 Å². The van der Waals surface area contributed by atoms with E-state index in [0.717, 1.165) is 25.6 Å². The molecule has 1 unspecified atom stereocenters. The van der Waals surface area contributed by atoms with Crippen LogP contribution < -0.4 is 10.6 Å². The lowest BCUT2D eigenvalue weighted by molar-refractivity contribution is -0.127. The number of carbonyl (C=O) groups excluding carboxylic acids is 1. The van der Waals surface area contributed by atoms with Gasteiger partial charge >= 0.3 is 0 Å². The monoisotopic (exact) mass is 269 g/mol. The highest BCUT2D eigenvalue weighted by molar-refractivity contribution is 5.84. The summed E-state index contributed by atoms with van der Waals surface area (Å²) in [4.78, 5) is 19.7. The third-order valence-electron chi connectivity index (χ3n) is 3.26. The molecule has 1 fully saturated rings. The summed E-state index contributed by atoms with van der Waals surface area (Å²) < 4.78 is 0. The van der Waals surface area contributed by atoms with Gasteiger partial charge in [-0.25, -0.2) is 4.99 Å². The lowest BCUT2D eigenvalue weighted by Crippen LogP contribution is -2.41. The lowest BCUT2D eigenvalue weighted by atomic mass is 10.1. The van der Waals surface area contributed by atoms with E-state index in [2.05, 4.69) is 27.6 Å². The number of nitrogens with zero attached hydrogens (tertiary/aromatic N) is 3. The van der Waals surface area contributed by atoms with Crippen LogP contribution in [0, 0.1) is 5.92 Å². The summed E-state index contributed by atoms with van der Waals surface area (Å²) in [5, 5.41) is 6.49. The molecule has 1 aliphatic rings. The molecule has 1 amide bonds.